The molecule has 1 amide bonds. The minimum Gasteiger partial charge on any atom is -0.495 e. The van der Waals surface area contributed by atoms with Gasteiger partial charge in [0.15, 0.2) is 0 Å². The molecule has 0 aromatic heterocycles. The molecule has 0 unspecified atom stereocenters. The third-order valence-corrected chi connectivity index (χ3v) is 4.73. The monoisotopic (exact) mass is 338 g/mol. The van der Waals surface area contributed by atoms with E-state index in [2.05, 4.69) is 34.9 Å². The van der Waals surface area contributed by atoms with Crippen molar-refractivity contribution in [2.24, 2.45) is 0 Å². The molecule has 0 saturated heterocycles. The highest BCUT2D eigenvalue weighted by Gasteiger charge is 2.19. The smallest absolute Gasteiger partial charge is 0.221 e. The number of nitrogens with one attached hydrogen (secondary N) is 2. The number of ether oxygens (including phenoxy) is 1. The molecule has 0 heterocycles. The van der Waals surface area contributed by atoms with E-state index in [1.54, 1.807) is 7.11 Å². The van der Waals surface area contributed by atoms with Crippen LogP contribution >= 0.6 is 0 Å². The molecule has 0 saturated carbocycles. The molecule has 0 spiro atoms. The predicted molar refractivity (Wildman–Crippen MR) is 101 cm³/mol. The number of fused-ring (bicyclic) bond motifs is 1. The van der Waals surface area contributed by atoms with Crippen molar-refractivity contribution >= 4 is 11.6 Å². The summed E-state index contributed by atoms with van der Waals surface area (Å²) in [6.45, 7) is 2.63. The Labute approximate surface area is 149 Å². The van der Waals surface area contributed by atoms with Crippen LogP contribution in [0.15, 0.2) is 42.5 Å². The third kappa shape index (κ3) is 4.53. The van der Waals surface area contributed by atoms with E-state index in [0.717, 1.165) is 36.3 Å². The Morgan fingerprint density at radius 3 is 2.80 bits per heavy atom. The van der Waals surface area contributed by atoms with Gasteiger partial charge >= 0.3 is 0 Å². The van der Waals surface area contributed by atoms with Crippen LogP contribution in [0.4, 0.5) is 5.69 Å². The van der Waals surface area contributed by atoms with Gasteiger partial charge in [-0.15, -0.1) is 0 Å². The van der Waals surface area contributed by atoms with E-state index < -0.39 is 0 Å². The summed E-state index contributed by atoms with van der Waals surface area (Å²) in [5.74, 6) is 0.901. The molecule has 2 aromatic carbocycles. The molecule has 1 atom stereocenters. The van der Waals surface area contributed by atoms with Crippen LogP contribution in [0, 0.1) is 6.92 Å². The van der Waals surface area contributed by atoms with Gasteiger partial charge in [0.1, 0.15) is 5.75 Å². The Morgan fingerprint density at radius 2 is 2.00 bits per heavy atom. The molecule has 1 aliphatic rings. The van der Waals surface area contributed by atoms with E-state index in [-0.39, 0.29) is 11.9 Å². The summed E-state index contributed by atoms with van der Waals surface area (Å²) in [5.41, 5.74) is 4.87. The fourth-order valence-corrected chi connectivity index (χ4v) is 3.39. The number of anilines is 1. The van der Waals surface area contributed by atoms with Crippen LogP contribution in [0.25, 0.3) is 0 Å². The molecule has 0 aliphatic heterocycles. The molecular weight excluding hydrogens is 312 g/mol. The lowest BCUT2D eigenvalue weighted by Gasteiger charge is -2.25. The van der Waals surface area contributed by atoms with Crippen LogP contribution in [0.3, 0.4) is 0 Å². The molecule has 0 radical (unpaired) electrons. The SMILES string of the molecule is COc1ccc(C)cc1NCCC(=O)N[C@H]1CCc2ccccc2C1. The first-order chi connectivity index (χ1) is 12.2. The number of methoxy groups -OCH3 is 1. The quantitative estimate of drug-likeness (QED) is 0.848. The third-order valence-electron chi connectivity index (χ3n) is 4.73. The Bertz CT molecular complexity index is 742. The van der Waals surface area contributed by atoms with E-state index in [1.807, 2.05) is 25.1 Å². The van der Waals surface area contributed by atoms with E-state index in [4.69, 9.17) is 4.74 Å². The second kappa shape index (κ2) is 8.06. The first-order valence-electron chi connectivity index (χ1n) is 8.90. The van der Waals surface area contributed by atoms with Crippen molar-refractivity contribution in [1.82, 2.24) is 5.32 Å². The predicted octanol–water partition coefficient (Wildman–Crippen LogP) is 3.48. The second-order valence-corrected chi connectivity index (χ2v) is 6.66. The molecule has 25 heavy (non-hydrogen) atoms. The van der Waals surface area contributed by atoms with Crippen LogP contribution in [0.2, 0.25) is 0 Å². The number of carbonyl (C=O) groups excluding carboxylic acids is 1. The molecule has 2 N–H and O–H groups in total. The minimum atomic E-state index is 0.100. The van der Waals surface area contributed by atoms with Gasteiger partial charge in [0.2, 0.25) is 5.91 Å². The number of hydrogen-bond acceptors (Lipinski definition) is 3. The lowest BCUT2D eigenvalue weighted by Crippen LogP contribution is -2.39. The van der Waals surface area contributed by atoms with Crippen molar-refractivity contribution in [2.45, 2.75) is 38.6 Å². The minimum absolute atomic E-state index is 0.100. The molecule has 132 valence electrons. The van der Waals surface area contributed by atoms with Crippen LogP contribution in [-0.4, -0.2) is 25.6 Å². The van der Waals surface area contributed by atoms with Crippen LogP contribution in [0.1, 0.15) is 29.5 Å². The first-order valence-corrected chi connectivity index (χ1v) is 8.90. The maximum absolute atomic E-state index is 12.3. The van der Waals surface area contributed by atoms with Crippen molar-refractivity contribution in [1.29, 1.82) is 0 Å². The summed E-state index contributed by atoms with van der Waals surface area (Å²) in [5, 5.41) is 6.48. The number of hydrogen-bond donors (Lipinski definition) is 2. The largest absolute Gasteiger partial charge is 0.495 e. The molecule has 1 aliphatic carbocycles. The van der Waals surface area contributed by atoms with E-state index >= 15 is 0 Å². The number of carbonyl (C=O) groups is 1. The maximum atomic E-state index is 12.3. The van der Waals surface area contributed by atoms with Crippen molar-refractivity contribution in [3.8, 4) is 5.75 Å². The zero-order valence-electron chi connectivity index (χ0n) is 15.0. The number of benzene rings is 2. The fraction of sp³-hybridized carbons (Fsp3) is 0.381. The fourth-order valence-electron chi connectivity index (χ4n) is 3.39. The zero-order valence-corrected chi connectivity index (χ0v) is 15.0. The highest BCUT2D eigenvalue weighted by Crippen LogP contribution is 2.25. The molecule has 4 heteroatoms. The Hall–Kier alpha value is -2.49. The van der Waals surface area contributed by atoms with Crippen molar-refractivity contribution in [3.05, 3.63) is 59.2 Å². The topological polar surface area (TPSA) is 50.4 Å². The van der Waals surface area contributed by atoms with E-state index in [1.165, 1.54) is 11.1 Å². The zero-order chi connectivity index (χ0) is 17.6. The van der Waals surface area contributed by atoms with Crippen LogP contribution in [-0.2, 0) is 17.6 Å². The summed E-state index contributed by atoms with van der Waals surface area (Å²) in [6.07, 6.45) is 3.44. The summed E-state index contributed by atoms with van der Waals surface area (Å²) >= 11 is 0. The Kier molecular flexibility index (Phi) is 5.59. The molecular formula is C21H26N2O2. The summed E-state index contributed by atoms with van der Waals surface area (Å²) in [7, 11) is 1.66. The van der Waals surface area contributed by atoms with Crippen molar-refractivity contribution < 1.29 is 9.53 Å². The van der Waals surface area contributed by atoms with Gasteiger partial charge in [-0.1, -0.05) is 30.3 Å². The Balaban J connectivity index is 1.47. The van der Waals surface area contributed by atoms with Crippen LogP contribution < -0.4 is 15.4 Å². The Morgan fingerprint density at radius 1 is 1.20 bits per heavy atom. The van der Waals surface area contributed by atoms with Crippen molar-refractivity contribution in [3.63, 3.8) is 0 Å². The van der Waals surface area contributed by atoms with Gasteiger partial charge in [-0.25, -0.2) is 0 Å². The molecule has 0 fully saturated rings. The summed E-state index contributed by atoms with van der Waals surface area (Å²) < 4.78 is 5.35. The van der Waals surface area contributed by atoms with Gasteiger partial charge in [0, 0.05) is 19.0 Å². The van der Waals surface area contributed by atoms with Gasteiger partial charge < -0.3 is 15.4 Å². The van der Waals surface area contributed by atoms with Gasteiger partial charge in [-0.05, 0) is 55.0 Å². The summed E-state index contributed by atoms with van der Waals surface area (Å²) in [6, 6.07) is 14.7. The van der Waals surface area contributed by atoms with Gasteiger partial charge in [0.05, 0.1) is 12.8 Å². The molecule has 0 bridgehead atoms. The average molecular weight is 338 g/mol. The van der Waals surface area contributed by atoms with Gasteiger partial charge in [-0.3, -0.25) is 4.79 Å². The molecule has 2 aromatic rings. The number of aryl methyl sites for hydroxylation is 2. The van der Waals surface area contributed by atoms with Crippen molar-refractivity contribution in [2.75, 3.05) is 19.0 Å². The number of rotatable bonds is 6. The number of amides is 1. The lowest BCUT2D eigenvalue weighted by atomic mass is 9.88. The highest BCUT2D eigenvalue weighted by atomic mass is 16.5. The van der Waals surface area contributed by atoms with E-state index in [9.17, 15) is 4.79 Å². The first kappa shape index (κ1) is 17.3. The van der Waals surface area contributed by atoms with Gasteiger partial charge in [-0.2, -0.15) is 0 Å². The highest BCUT2D eigenvalue weighted by molar-refractivity contribution is 5.77. The summed E-state index contributed by atoms with van der Waals surface area (Å²) in [4.78, 5) is 12.3. The van der Waals surface area contributed by atoms with E-state index in [0.29, 0.717) is 13.0 Å². The van der Waals surface area contributed by atoms with Gasteiger partial charge in [0.25, 0.3) is 0 Å². The molecule has 4 nitrogen and oxygen atoms in total. The second-order valence-electron chi connectivity index (χ2n) is 6.66. The lowest BCUT2D eigenvalue weighted by molar-refractivity contribution is -0.121. The average Bonchev–Trinajstić information content (AvgIpc) is 2.62. The maximum Gasteiger partial charge on any atom is 0.221 e. The molecule has 3 rings (SSSR count). The standard InChI is InChI=1S/C21H26N2O2/c1-15-7-10-20(25-2)19(13-15)22-12-11-21(24)23-18-9-8-16-5-3-4-6-17(16)14-18/h3-7,10,13,18,22H,8-9,11-12,14H2,1-2H3,(H,23,24)/t18-/m0/s1. The normalized spacial score (nSPS) is 16.0. The van der Waals surface area contributed by atoms with Crippen LogP contribution in [0.5, 0.6) is 5.75 Å².